The van der Waals surface area contributed by atoms with Gasteiger partial charge in [-0.3, -0.25) is 0 Å². The van der Waals surface area contributed by atoms with E-state index in [1.807, 2.05) is 6.07 Å². The number of rotatable bonds is 1. The van der Waals surface area contributed by atoms with Crippen molar-refractivity contribution in [2.75, 3.05) is 7.11 Å². The fourth-order valence-electron chi connectivity index (χ4n) is 6.05. The molecule has 4 aliphatic rings. The van der Waals surface area contributed by atoms with Crippen LogP contribution in [0.15, 0.2) is 12.1 Å². The van der Waals surface area contributed by atoms with Gasteiger partial charge in [0.25, 0.3) is 0 Å². The quantitative estimate of drug-likeness (QED) is 0.717. The Morgan fingerprint density at radius 3 is 2.91 bits per heavy atom. The Hall–Kier alpha value is -1.30. The number of aliphatic hydroxyl groups is 3. The van der Waals surface area contributed by atoms with Crippen LogP contribution in [0.25, 0.3) is 0 Å². The smallest absolute Gasteiger partial charge is 0.166 e. The number of hydrogen-bond acceptors (Lipinski definition) is 5. The summed E-state index contributed by atoms with van der Waals surface area (Å²) in [7, 11) is 1.60. The summed E-state index contributed by atoms with van der Waals surface area (Å²) in [4.78, 5) is 0. The van der Waals surface area contributed by atoms with Gasteiger partial charge in [-0.05, 0) is 36.8 Å². The van der Waals surface area contributed by atoms with E-state index in [9.17, 15) is 15.3 Å². The van der Waals surface area contributed by atoms with Crippen molar-refractivity contribution in [3.8, 4) is 11.5 Å². The van der Waals surface area contributed by atoms with Crippen LogP contribution in [-0.4, -0.2) is 46.3 Å². The first-order valence-electron chi connectivity index (χ1n) is 8.49. The normalized spacial score (nSPS) is 46.1. The van der Waals surface area contributed by atoms with Crippen molar-refractivity contribution in [1.82, 2.24) is 0 Å². The summed E-state index contributed by atoms with van der Waals surface area (Å²) in [5, 5.41) is 33.0. The molecular weight excluding hydrogens is 296 g/mol. The second-order valence-electron chi connectivity index (χ2n) is 7.58. The second kappa shape index (κ2) is 4.21. The molecule has 1 aromatic rings. The van der Waals surface area contributed by atoms with Gasteiger partial charge < -0.3 is 24.8 Å². The van der Waals surface area contributed by atoms with Gasteiger partial charge in [-0.25, -0.2) is 0 Å². The molecule has 3 aliphatic carbocycles. The molecule has 0 saturated heterocycles. The zero-order valence-electron chi connectivity index (χ0n) is 13.2. The van der Waals surface area contributed by atoms with Crippen molar-refractivity contribution >= 4 is 0 Å². The van der Waals surface area contributed by atoms with Crippen LogP contribution in [0.2, 0.25) is 0 Å². The molecule has 1 aliphatic heterocycles. The summed E-state index contributed by atoms with van der Waals surface area (Å²) in [5.41, 5.74) is 0.196. The molecule has 0 radical (unpaired) electrons. The van der Waals surface area contributed by atoms with Crippen LogP contribution < -0.4 is 9.47 Å². The van der Waals surface area contributed by atoms with Crippen LogP contribution in [0.5, 0.6) is 11.5 Å². The molecule has 124 valence electrons. The van der Waals surface area contributed by atoms with Crippen LogP contribution in [0.1, 0.15) is 36.8 Å². The Balaban J connectivity index is 1.86. The Bertz CT molecular complexity index is 688. The monoisotopic (exact) mass is 318 g/mol. The van der Waals surface area contributed by atoms with E-state index in [4.69, 9.17) is 9.47 Å². The number of aliphatic hydroxyl groups excluding tert-OH is 2. The first-order valence-corrected chi connectivity index (χ1v) is 8.49. The first-order chi connectivity index (χ1) is 11.0. The summed E-state index contributed by atoms with van der Waals surface area (Å²) >= 11 is 0. The lowest BCUT2D eigenvalue weighted by atomic mass is 9.44. The molecule has 0 amide bonds. The highest BCUT2D eigenvalue weighted by Crippen LogP contribution is 2.67. The highest BCUT2D eigenvalue weighted by molar-refractivity contribution is 5.62. The summed E-state index contributed by atoms with van der Waals surface area (Å²) < 4.78 is 11.6. The van der Waals surface area contributed by atoms with Gasteiger partial charge in [0.1, 0.15) is 11.7 Å². The SMILES string of the molecule is COc1ccc2c3c1O[C@H]1C(O)C[C@H](O)[C@@]4(O)[C@H](CCC[C@]314)C2. The van der Waals surface area contributed by atoms with Crippen molar-refractivity contribution in [2.45, 2.75) is 61.4 Å². The van der Waals surface area contributed by atoms with Crippen LogP contribution in [0, 0.1) is 5.92 Å². The molecule has 1 unspecified atom stereocenters. The maximum atomic E-state index is 11.7. The average molecular weight is 318 g/mol. The lowest BCUT2D eigenvalue weighted by Gasteiger charge is -2.62. The molecule has 1 aromatic carbocycles. The number of ether oxygens (including phenoxy) is 2. The predicted molar refractivity (Wildman–Crippen MR) is 81.7 cm³/mol. The Kier molecular flexibility index (Phi) is 2.57. The molecule has 23 heavy (non-hydrogen) atoms. The molecule has 3 N–H and O–H groups in total. The Morgan fingerprint density at radius 2 is 2.13 bits per heavy atom. The number of benzene rings is 1. The van der Waals surface area contributed by atoms with Gasteiger partial charge >= 0.3 is 0 Å². The van der Waals surface area contributed by atoms with E-state index in [1.54, 1.807) is 7.11 Å². The van der Waals surface area contributed by atoms with Gasteiger partial charge in [-0.15, -0.1) is 0 Å². The highest BCUT2D eigenvalue weighted by atomic mass is 16.5. The van der Waals surface area contributed by atoms with Crippen molar-refractivity contribution in [3.05, 3.63) is 23.3 Å². The third-order valence-corrected chi connectivity index (χ3v) is 6.85. The molecule has 2 fully saturated rings. The number of hydrogen-bond donors (Lipinski definition) is 3. The van der Waals surface area contributed by atoms with Crippen LogP contribution >= 0.6 is 0 Å². The van der Waals surface area contributed by atoms with Gasteiger partial charge in [-0.2, -0.15) is 0 Å². The van der Waals surface area contributed by atoms with Crippen molar-refractivity contribution in [3.63, 3.8) is 0 Å². The highest BCUT2D eigenvalue weighted by Gasteiger charge is 2.74. The van der Waals surface area contributed by atoms with Gasteiger partial charge in [0, 0.05) is 12.0 Å². The predicted octanol–water partition coefficient (Wildman–Crippen LogP) is 0.907. The van der Waals surface area contributed by atoms with Crippen LogP contribution in [0.3, 0.4) is 0 Å². The van der Waals surface area contributed by atoms with Gasteiger partial charge in [0.2, 0.25) is 0 Å². The Morgan fingerprint density at radius 1 is 1.30 bits per heavy atom. The zero-order valence-corrected chi connectivity index (χ0v) is 13.2. The first kappa shape index (κ1) is 14.1. The maximum Gasteiger partial charge on any atom is 0.166 e. The summed E-state index contributed by atoms with van der Waals surface area (Å²) in [6.07, 6.45) is 1.29. The molecule has 6 atom stereocenters. The van der Waals surface area contributed by atoms with Crippen molar-refractivity contribution < 1.29 is 24.8 Å². The van der Waals surface area contributed by atoms with Crippen LogP contribution in [0.4, 0.5) is 0 Å². The van der Waals surface area contributed by atoms with E-state index < -0.39 is 29.3 Å². The summed E-state index contributed by atoms with van der Waals surface area (Å²) in [6.45, 7) is 0. The lowest BCUT2D eigenvalue weighted by molar-refractivity contribution is -0.246. The van der Waals surface area contributed by atoms with Gasteiger partial charge in [0.05, 0.1) is 24.7 Å². The minimum absolute atomic E-state index is 0.0108. The molecule has 5 heteroatoms. The van der Waals surface area contributed by atoms with Gasteiger partial charge in [-0.1, -0.05) is 12.5 Å². The molecule has 1 heterocycles. The summed E-state index contributed by atoms with van der Waals surface area (Å²) in [6, 6.07) is 3.96. The van der Waals surface area contributed by atoms with Crippen molar-refractivity contribution in [2.24, 2.45) is 5.92 Å². The van der Waals surface area contributed by atoms with E-state index in [-0.39, 0.29) is 12.3 Å². The van der Waals surface area contributed by atoms with Crippen LogP contribution in [-0.2, 0) is 11.8 Å². The minimum atomic E-state index is -1.22. The fraction of sp³-hybridized carbons (Fsp3) is 0.667. The fourth-order valence-corrected chi connectivity index (χ4v) is 6.05. The molecule has 2 saturated carbocycles. The third-order valence-electron chi connectivity index (χ3n) is 6.85. The van der Waals surface area contributed by atoms with Gasteiger partial charge in [0.15, 0.2) is 11.5 Å². The Labute approximate surface area is 134 Å². The molecule has 0 aromatic heterocycles. The molecule has 5 nitrogen and oxygen atoms in total. The maximum absolute atomic E-state index is 11.7. The average Bonchev–Trinajstić information content (AvgIpc) is 2.86. The van der Waals surface area contributed by atoms with E-state index in [0.29, 0.717) is 11.5 Å². The minimum Gasteiger partial charge on any atom is -0.493 e. The van der Waals surface area contributed by atoms with E-state index in [1.165, 1.54) is 5.56 Å². The number of methoxy groups -OCH3 is 1. The third kappa shape index (κ3) is 1.33. The van der Waals surface area contributed by atoms with E-state index >= 15 is 0 Å². The van der Waals surface area contributed by atoms with E-state index in [2.05, 4.69) is 6.07 Å². The molecule has 1 spiro atoms. The zero-order chi connectivity index (χ0) is 16.0. The lowest BCUT2D eigenvalue weighted by Crippen LogP contribution is -2.75. The molecule has 5 rings (SSSR count). The standard InChI is InChI=1S/C18H22O5/c1-22-12-5-4-9-7-10-3-2-6-17-14(9)15(12)23-16(17)11(19)8-13(20)18(10,17)21/h4-5,10-11,13,16,19-21H,2-3,6-8H2,1H3/t10-,11?,13+,16+,17+,18+/m1/s1. The summed E-state index contributed by atoms with van der Waals surface area (Å²) in [5.74, 6) is 1.30. The second-order valence-corrected chi connectivity index (χ2v) is 7.58. The molecule has 2 bridgehead atoms. The largest absolute Gasteiger partial charge is 0.493 e. The molecular formula is C18H22O5. The van der Waals surface area contributed by atoms with E-state index in [0.717, 1.165) is 31.2 Å². The topological polar surface area (TPSA) is 79.2 Å². The van der Waals surface area contributed by atoms with Crippen molar-refractivity contribution in [1.29, 1.82) is 0 Å².